The van der Waals surface area contributed by atoms with Crippen molar-refractivity contribution in [1.82, 2.24) is 0 Å². The molecule has 9 rings (SSSR count). The lowest BCUT2D eigenvalue weighted by molar-refractivity contribution is 1.22. The summed E-state index contributed by atoms with van der Waals surface area (Å²) in [5, 5.41) is 0. The number of rotatable bonds is 5. The Morgan fingerprint density at radius 3 is 1.64 bits per heavy atom. The van der Waals surface area contributed by atoms with Crippen LogP contribution in [0.25, 0.3) is 44.5 Å². The summed E-state index contributed by atoms with van der Waals surface area (Å²) in [6.45, 7) is 0. The lowest BCUT2D eigenvalue weighted by Crippen LogP contribution is -2.11. The molecule has 45 heavy (non-hydrogen) atoms. The molecule has 1 nitrogen and oxygen atoms in total. The molecule has 7 aromatic rings. The second-order valence-electron chi connectivity index (χ2n) is 12.1. The number of fused-ring (bicyclic) bond motifs is 7. The van der Waals surface area contributed by atoms with E-state index in [1.165, 1.54) is 78.1 Å². The highest BCUT2D eigenvalue weighted by molar-refractivity contribution is 5.97. The van der Waals surface area contributed by atoms with E-state index in [1.54, 1.807) is 0 Å². The maximum Gasteiger partial charge on any atom is 0.0540 e. The lowest BCUT2D eigenvalue weighted by atomic mass is 9.93. The van der Waals surface area contributed by atoms with Crippen LogP contribution in [0.3, 0.4) is 0 Å². The van der Waals surface area contributed by atoms with Crippen LogP contribution in [0, 0.1) is 0 Å². The minimum absolute atomic E-state index is 0.958. The van der Waals surface area contributed by atoms with Crippen molar-refractivity contribution in [1.29, 1.82) is 0 Å². The van der Waals surface area contributed by atoms with E-state index in [4.69, 9.17) is 0 Å². The van der Waals surface area contributed by atoms with E-state index in [9.17, 15) is 0 Å². The van der Waals surface area contributed by atoms with Gasteiger partial charge in [0, 0.05) is 16.9 Å². The van der Waals surface area contributed by atoms with Gasteiger partial charge in [-0.05, 0) is 104 Å². The first kappa shape index (κ1) is 25.8. The van der Waals surface area contributed by atoms with Gasteiger partial charge in [0.2, 0.25) is 0 Å². The van der Waals surface area contributed by atoms with E-state index in [0.717, 1.165) is 18.5 Å². The van der Waals surface area contributed by atoms with Gasteiger partial charge in [0.15, 0.2) is 0 Å². The molecule has 0 saturated carbocycles. The Morgan fingerprint density at radius 1 is 0.333 bits per heavy atom. The molecule has 0 N–H and O–H groups in total. The van der Waals surface area contributed by atoms with Gasteiger partial charge in [-0.25, -0.2) is 0 Å². The zero-order valence-corrected chi connectivity index (χ0v) is 24.9. The first-order valence-electron chi connectivity index (χ1n) is 15.8. The molecule has 0 radical (unpaired) electrons. The Morgan fingerprint density at radius 2 is 0.889 bits per heavy atom. The van der Waals surface area contributed by atoms with Crippen molar-refractivity contribution in [2.75, 3.05) is 4.90 Å². The first-order chi connectivity index (χ1) is 22.3. The van der Waals surface area contributed by atoms with E-state index >= 15 is 0 Å². The Kier molecular flexibility index (Phi) is 6.02. The van der Waals surface area contributed by atoms with Crippen molar-refractivity contribution in [2.45, 2.75) is 12.8 Å². The summed E-state index contributed by atoms with van der Waals surface area (Å²) in [7, 11) is 0. The standard InChI is InChI=1S/C44H31N/c1-3-11-30(12-4-1)31-19-21-32(22-20-31)39-16-9-10-18-42(39)45(37-14-5-2-6-15-37)38-25-26-41-36(29-38)28-35-24-23-34-27-33-13-7-8-17-40(33)43(34)44(35)41/h1-26,29H,27-28H2. The third-order valence-corrected chi connectivity index (χ3v) is 9.51. The highest BCUT2D eigenvalue weighted by atomic mass is 15.1. The molecule has 0 bridgehead atoms. The van der Waals surface area contributed by atoms with Crippen LogP contribution in [-0.2, 0) is 12.8 Å². The number of para-hydroxylation sites is 2. The average molecular weight is 574 g/mol. The maximum atomic E-state index is 2.42. The van der Waals surface area contributed by atoms with Gasteiger partial charge in [-0.3, -0.25) is 0 Å². The van der Waals surface area contributed by atoms with Gasteiger partial charge in [-0.1, -0.05) is 133 Å². The van der Waals surface area contributed by atoms with Crippen LogP contribution in [0.2, 0.25) is 0 Å². The normalized spacial score (nSPS) is 12.3. The van der Waals surface area contributed by atoms with Crippen molar-refractivity contribution in [3.63, 3.8) is 0 Å². The van der Waals surface area contributed by atoms with E-state index in [2.05, 4.69) is 169 Å². The topological polar surface area (TPSA) is 3.24 Å². The summed E-state index contributed by atoms with van der Waals surface area (Å²) in [6, 6.07) is 59.9. The maximum absolute atomic E-state index is 2.42. The fourth-order valence-electron chi connectivity index (χ4n) is 7.43. The van der Waals surface area contributed by atoms with E-state index in [-0.39, 0.29) is 0 Å². The monoisotopic (exact) mass is 573 g/mol. The molecule has 0 fully saturated rings. The highest BCUT2D eigenvalue weighted by Crippen LogP contribution is 2.50. The van der Waals surface area contributed by atoms with E-state index in [1.807, 2.05) is 0 Å². The molecular formula is C44H31N. The van der Waals surface area contributed by atoms with Crippen LogP contribution in [-0.4, -0.2) is 0 Å². The third-order valence-electron chi connectivity index (χ3n) is 9.51. The second-order valence-corrected chi connectivity index (χ2v) is 12.1. The van der Waals surface area contributed by atoms with Gasteiger partial charge in [-0.2, -0.15) is 0 Å². The summed E-state index contributed by atoms with van der Waals surface area (Å²) in [6.07, 6.45) is 1.98. The smallest absolute Gasteiger partial charge is 0.0540 e. The number of hydrogen-bond acceptors (Lipinski definition) is 1. The van der Waals surface area contributed by atoms with E-state index < -0.39 is 0 Å². The zero-order valence-electron chi connectivity index (χ0n) is 24.9. The molecule has 2 aliphatic carbocycles. The van der Waals surface area contributed by atoms with Crippen molar-refractivity contribution in [3.05, 3.63) is 186 Å². The molecule has 0 aliphatic heterocycles. The summed E-state index contributed by atoms with van der Waals surface area (Å²) < 4.78 is 0. The number of benzene rings is 7. The van der Waals surface area contributed by atoms with Gasteiger partial charge < -0.3 is 4.90 Å². The molecule has 0 saturated heterocycles. The van der Waals surface area contributed by atoms with Gasteiger partial charge in [0.05, 0.1) is 5.69 Å². The van der Waals surface area contributed by atoms with Gasteiger partial charge in [-0.15, -0.1) is 0 Å². The highest BCUT2D eigenvalue weighted by Gasteiger charge is 2.29. The Balaban J connectivity index is 1.16. The van der Waals surface area contributed by atoms with Crippen molar-refractivity contribution >= 4 is 17.1 Å². The molecule has 0 atom stereocenters. The summed E-state index contributed by atoms with van der Waals surface area (Å²) >= 11 is 0. The van der Waals surface area contributed by atoms with Gasteiger partial charge >= 0.3 is 0 Å². The molecular weight excluding hydrogens is 542 g/mol. The lowest BCUT2D eigenvalue weighted by Gasteiger charge is -2.28. The van der Waals surface area contributed by atoms with Crippen LogP contribution in [0.1, 0.15) is 22.3 Å². The summed E-state index contributed by atoms with van der Waals surface area (Å²) in [4.78, 5) is 2.42. The Bertz CT molecular complexity index is 2190. The third kappa shape index (κ3) is 4.31. The predicted molar refractivity (Wildman–Crippen MR) is 188 cm³/mol. The molecule has 0 aromatic heterocycles. The van der Waals surface area contributed by atoms with Crippen LogP contribution in [0.15, 0.2) is 164 Å². The van der Waals surface area contributed by atoms with Crippen molar-refractivity contribution in [3.8, 4) is 44.5 Å². The molecule has 212 valence electrons. The van der Waals surface area contributed by atoms with Gasteiger partial charge in [0.1, 0.15) is 0 Å². The Labute approximate surface area is 264 Å². The summed E-state index contributed by atoms with van der Waals surface area (Å²) in [5.41, 5.74) is 19.7. The molecule has 0 amide bonds. The minimum atomic E-state index is 0.958. The van der Waals surface area contributed by atoms with Crippen LogP contribution < -0.4 is 4.90 Å². The fourth-order valence-corrected chi connectivity index (χ4v) is 7.43. The van der Waals surface area contributed by atoms with Crippen LogP contribution >= 0.6 is 0 Å². The number of hydrogen-bond donors (Lipinski definition) is 0. The fraction of sp³-hybridized carbons (Fsp3) is 0.0455. The average Bonchev–Trinajstić information content (AvgIpc) is 3.67. The SMILES string of the molecule is c1ccc(-c2ccc(-c3ccccc3N(c3ccccc3)c3ccc4c(c3)Cc3ccc5c(c3-4)-c3ccccc3C5)cc2)cc1. The zero-order chi connectivity index (χ0) is 29.7. The Hall–Kier alpha value is -5.66. The quantitative estimate of drug-likeness (QED) is 0.198. The molecule has 0 unspecified atom stereocenters. The number of nitrogens with zero attached hydrogens (tertiary/aromatic N) is 1. The molecule has 1 heteroatoms. The van der Waals surface area contributed by atoms with E-state index in [0.29, 0.717) is 0 Å². The molecule has 0 spiro atoms. The van der Waals surface area contributed by atoms with Crippen molar-refractivity contribution in [2.24, 2.45) is 0 Å². The molecule has 7 aromatic carbocycles. The van der Waals surface area contributed by atoms with Crippen LogP contribution in [0.4, 0.5) is 17.1 Å². The minimum Gasteiger partial charge on any atom is -0.310 e. The first-order valence-corrected chi connectivity index (χ1v) is 15.8. The van der Waals surface area contributed by atoms with Gasteiger partial charge in [0.25, 0.3) is 0 Å². The number of anilines is 3. The second kappa shape index (κ2) is 10.5. The molecule has 0 heterocycles. The summed E-state index contributed by atoms with van der Waals surface area (Å²) in [5.74, 6) is 0. The van der Waals surface area contributed by atoms with Crippen LogP contribution in [0.5, 0.6) is 0 Å². The predicted octanol–water partition coefficient (Wildman–Crippen LogP) is 11.6. The van der Waals surface area contributed by atoms with Crippen molar-refractivity contribution < 1.29 is 0 Å². The molecule has 2 aliphatic rings. The largest absolute Gasteiger partial charge is 0.310 e.